The number of aryl methyl sites for hydroxylation is 1. The third kappa shape index (κ3) is 4.25. The third-order valence-electron chi connectivity index (χ3n) is 5.03. The molecule has 0 aliphatic heterocycles. The smallest absolute Gasteiger partial charge is 0.321 e. The molecule has 0 aliphatic rings. The number of pyridine rings is 2. The van der Waals surface area contributed by atoms with Crippen molar-refractivity contribution in [3.63, 3.8) is 0 Å². The molecule has 1 N–H and O–H groups in total. The van der Waals surface area contributed by atoms with Gasteiger partial charge in [0.1, 0.15) is 11.2 Å². The quantitative estimate of drug-likeness (QED) is 0.487. The number of nitrogens with one attached hydrogen (secondary N) is 1. The van der Waals surface area contributed by atoms with Crippen molar-refractivity contribution in [2.45, 2.75) is 19.6 Å². The van der Waals surface area contributed by atoms with Gasteiger partial charge in [0.25, 0.3) is 11.5 Å². The Bertz CT molecular complexity index is 1360. The zero-order valence-electron chi connectivity index (χ0n) is 17.0. The van der Waals surface area contributed by atoms with Gasteiger partial charge in [-0.05, 0) is 42.8 Å². The van der Waals surface area contributed by atoms with Gasteiger partial charge in [0.15, 0.2) is 0 Å². The number of amides is 1. The van der Waals surface area contributed by atoms with Gasteiger partial charge in [0, 0.05) is 11.6 Å². The van der Waals surface area contributed by atoms with Gasteiger partial charge in [0.2, 0.25) is 0 Å². The first-order chi connectivity index (χ1) is 15.2. The summed E-state index contributed by atoms with van der Waals surface area (Å²) in [7, 11) is 0. The standard InChI is InChI=1S/C24H18F3N3O2/c1-15-8-10-16(11-9-15)14-30-21-17(5-4-12-28-21)13-18(23(30)32)22(31)29-20-7-3-2-6-19(20)24(25,26)27/h2-13H,14H2,1H3,(H,29,31). The number of aromatic nitrogens is 2. The van der Waals surface area contributed by atoms with Crippen LogP contribution in [0.1, 0.15) is 27.0 Å². The van der Waals surface area contributed by atoms with Crippen LogP contribution in [0, 0.1) is 6.92 Å². The summed E-state index contributed by atoms with van der Waals surface area (Å²) < 4.78 is 41.2. The van der Waals surface area contributed by atoms with Crippen LogP contribution in [0.2, 0.25) is 0 Å². The number of anilines is 1. The van der Waals surface area contributed by atoms with Gasteiger partial charge >= 0.3 is 6.18 Å². The lowest BCUT2D eigenvalue weighted by Crippen LogP contribution is -2.30. The number of fused-ring (bicyclic) bond motifs is 1. The minimum absolute atomic E-state index is 0.160. The number of rotatable bonds is 4. The SMILES string of the molecule is Cc1ccc(Cn2c(=O)c(C(=O)Nc3ccccc3C(F)(F)F)cc3cccnc32)cc1. The summed E-state index contributed by atoms with van der Waals surface area (Å²) in [6.07, 6.45) is -3.12. The summed E-state index contributed by atoms with van der Waals surface area (Å²) in [5.74, 6) is -0.921. The first-order valence-corrected chi connectivity index (χ1v) is 9.76. The predicted molar refractivity (Wildman–Crippen MR) is 116 cm³/mol. The maximum absolute atomic E-state index is 13.3. The number of benzene rings is 2. The monoisotopic (exact) mass is 437 g/mol. The maximum Gasteiger partial charge on any atom is 0.418 e. The second kappa shape index (κ2) is 8.30. The lowest BCUT2D eigenvalue weighted by Gasteiger charge is -2.15. The van der Waals surface area contributed by atoms with E-state index < -0.39 is 28.9 Å². The van der Waals surface area contributed by atoms with Gasteiger partial charge in [-0.25, -0.2) is 4.98 Å². The topological polar surface area (TPSA) is 64.0 Å². The molecule has 162 valence electrons. The van der Waals surface area contributed by atoms with E-state index in [-0.39, 0.29) is 12.1 Å². The molecule has 0 spiro atoms. The van der Waals surface area contributed by atoms with E-state index in [1.807, 2.05) is 31.2 Å². The second-order valence-electron chi connectivity index (χ2n) is 7.35. The Morgan fingerprint density at radius 1 is 1.03 bits per heavy atom. The zero-order chi connectivity index (χ0) is 22.9. The summed E-state index contributed by atoms with van der Waals surface area (Å²) >= 11 is 0. The van der Waals surface area contributed by atoms with E-state index >= 15 is 0 Å². The molecule has 0 saturated heterocycles. The Morgan fingerprint density at radius 2 is 1.75 bits per heavy atom. The Labute approximate surface area is 181 Å². The molecule has 0 bridgehead atoms. The fourth-order valence-corrected chi connectivity index (χ4v) is 3.42. The number of carbonyl (C=O) groups excluding carboxylic acids is 1. The van der Waals surface area contributed by atoms with Crippen molar-refractivity contribution in [2.75, 3.05) is 5.32 Å². The van der Waals surface area contributed by atoms with E-state index in [1.165, 1.54) is 29.0 Å². The molecule has 0 saturated carbocycles. The molecule has 1 amide bonds. The molecule has 2 aromatic heterocycles. The molecule has 0 atom stereocenters. The first kappa shape index (κ1) is 21.3. The van der Waals surface area contributed by atoms with Crippen molar-refractivity contribution >= 4 is 22.6 Å². The molecule has 0 aliphatic carbocycles. The van der Waals surface area contributed by atoms with E-state index in [0.29, 0.717) is 11.0 Å². The Balaban J connectivity index is 1.78. The van der Waals surface area contributed by atoms with Crippen LogP contribution in [0.3, 0.4) is 0 Å². The summed E-state index contributed by atoms with van der Waals surface area (Å²) in [6.45, 7) is 2.10. The molecule has 4 rings (SSSR count). The fraction of sp³-hybridized carbons (Fsp3) is 0.125. The zero-order valence-corrected chi connectivity index (χ0v) is 17.0. The average Bonchev–Trinajstić information content (AvgIpc) is 2.76. The van der Waals surface area contributed by atoms with Crippen LogP contribution in [0.25, 0.3) is 11.0 Å². The summed E-state index contributed by atoms with van der Waals surface area (Å²) in [6, 6.07) is 16.9. The molecule has 8 heteroatoms. The van der Waals surface area contributed by atoms with Crippen LogP contribution in [0.5, 0.6) is 0 Å². The van der Waals surface area contributed by atoms with Crippen molar-refractivity contribution in [1.82, 2.24) is 9.55 Å². The summed E-state index contributed by atoms with van der Waals surface area (Å²) in [5, 5.41) is 2.77. The molecular formula is C24H18F3N3O2. The van der Waals surface area contributed by atoms with Crippen molar-refractivity contribution in [2.24, 2.45) is 0 Å². The lowest BCUT2D eigenvalue weighted by molar-refractivity contribution is -0.136. The van der Waals surface area contributed by atoms with Gasteiger partial charge in [-0.15, -0.1) is 0 Å². The molecule has 0 radical (unpaired) electrons. The summed E-state index contributed by atoms with van der Waals surface area (Å²) in [5.41, 5.74) is -0.0552. The van der Waals surface area contributed by atoms with Crippen molar-refractivity contribution in [1.29, 1.82) is 0 Å². The van der Waals surface area contributed by atoms with Crippen LogP contribution in [0.4, 0.5) is 18.9 Å². The van der Waals surface area contributed by atoms with Crippen LogP contribution in [-0.4, -0.2) is 15.5 Å². The van der Waals surface area contributed by atoms with E-state index in [4.69, 9.17) is 0 Å². The molecule has 0 unspecified atom stereocenters. The molecule has 0 fully saturated rings. The van der Waals surface area contributed by atoms with E-state index in [1.54, 1.807) is 12.1 Å². The first-order valence-electron chi connectivity index (χ1n) is 9.76. The van der Waals surface area contributed by atoms with Crippen LogP contribution < -0.4 is 10.9 Å². The molecule has 2 heterocycles. The van der Waals surface area contributed by atoms with E-state index in [0.717, 1.165) is 23.3 Å². The highest BCUT2D eigenvalue weighted by molar-refractivity contribution is 6.06. The van der Waals surface area contributed by atoms with Gasteiger partial charge in [0.05, 0.1) is 17.8 Å². The molecular weight excluding hydrogens is 419 g/mol. The number of nitrogens with zero attached hydrogens (tertiary/aromatic N) is 2. The van der Waals surface area contributed by atoms with E-state index in [9.17, 15) is 22.8 Å². The van der Waals surface area contributed by atoms with Crippen LogP contribution in [-0.2, 0) is 12.7 Å². The number of carbonyl (C=O) groups is 1. The Hall–Kier alpha value is -3.94. The maximum atomic E-state index is 13.3. The summed E-state index contributed by atoms with van der Waals surface area (Å²) in [4.78, 5) is 30.4. The van der Waals surface area contributed by atoms with Crippen LogP contribution >= 0.6 is 0 Å². The minimum atomic E-state index is -4.65. The molecule has 32 heavy (non-hydrogen) atoms. The van der Waals surface area contributed by atoms with Gasteiger partial charge in [-0.2, -0.15) is 13.2 Å². The second-order valence-corrected chi connectivity index (χ2v) is 7.35. The predicted octanol–water partition coefficient (Wildman–Crippen LogP) is 5.02. The van der Waals surface area contributed by atoms with Crippen LogP contribution in [0.15, 0.2) is 77.7 Å². The molecule has 5 nitrogen and oxygen atoms in total. The largest absolute Gasteiger partial charge is 0.418 e. The molecule has 2 aromatic carbocycles. The highest BCUT2D eigenvalue weighted by atomic mass is 19.4. The highest BCUT2D eigenvalue weighted by Crippen LogP contribution is 2.34. The van der Waals surface area contributed by atoms with Gasteiger partial charge in [-0.1, -0.05) is 42.0 Å². The Kier molecular flexibility index (Phi) is 5.52. The highest BCUT2D eigenvalue weighted by Gasteiger charge is 2.33. The third-order valence-corrected chi connectivity index (χ3v) is 5.03. The van der Waals surface area contributed by atoms with E-state index in [2.05, 4.69) is 10.3 Å². The van der Waals surface area contributed by atoms with Gasteiger partial charge < -0.3 is 5.32 Å². The molecule has 4 aromatic rings. The van der Waals surface area contributed by atoms with Crippen molar-refractivity contribution < 1.29 is 18.0 Å². The minimum Gasteiger partial charge on any atom is -0.321 e. The van der Waals surface area contributed by atoms with Crippen molar-refractivity contribution in [3.05, 3.63) is 106 Å². The Morgan fingerprint density at radius 3 is 2.47 bits per heavy atom. The van der Waals surface area contributed by atoms with Gasteiger partial charge in [-0.3, -0.25) is 14.2 Å². The number of halogens is 3. The number of alkyl halides is 3. The van der Waals surface area contributed by atoms with Crippen molar-refractivity contribution in [3.8, 4) is 0 Å². The number of hydrogen-bond donors (Lipinski definition) is 1. The fourth-order valence-electron chi connectivity index (χ4n) is 3.42. The number of hydrogen-bond acceptors (Lipinski definition) is 3. The normalized spacial score (nSPS) is 11.5. The number of para-hydroxylation sites is 1. The lowest BCUT2D eigenvalue weighted by atomic mass is 10.1. The average molecular weight is 437 g/mol.